The first kappa shape index (κ1) is 19.3. The van der Waals surface area contributed by atoms with Gasteiger partial charge in [-0.15, -0.1) is 0 Å². The van der Waals surface area contributed by atoms with Crippen LogP contribution in [-0.2, 0) is 14.3 Å². The van der Waals surface area contributed by atoms with Crippen molar-refractivity contribution < 1.29 is 23.7 Å². The Hall–Kier alpha value is -1.79. The molecule has 0 aliphatic heterocycles. The minimum atomic E-state index is 0.0948. The molecule has 0 saturated heterocycles. The molecule has 1 aromatic rings. The molecule has 0 aliphatic rings. The second kappa shape index (κ2) is 11.7. The minimum Gasteiger partial charge on any atom is -0.497 e. The third-order valence-corrected chi connectivity index (χ3v) is 3.35. The van der Waals surface area contributed by atoms with E-state index in [0.29, 0.717) is 45.8 Å². The van der Waals surface area contributed by atoms with E-state index in [2.05, 4.69) is 0 Å². The fourth-order valence-electron chi connectivity index (χ4n) is 2.01. The predicted molar refractivity (Wildman–Crippen MR) is 88.1 cm³/mol. The number of ether oxygens (including phenoxy) is 4. The average molecular weight is 325 g/mol. The highest BCUT2D eigenvalue weighted by Crippen LogP contribution is 2.17. The number of hydrogen-bond donors (Lipinski definition) is 0. The summed E-state index contributed by atoms with van der Waals surface area (Å²) >= 11 is 0. The van der Waals surface area contributed by atoms with Crippen LogP contribution in [-0.4, -0.2) is 65.0 Å². The molecule has 130 valence electrons. The lowest BCUT2D eigenvalue weighted by Crippen LogP contribution is -2.36. The van der Waals surface area contributed by atoms with Crippen molar-refractivity contribution in [1.82, 2.24) is 4.90 Å². The molecule has 0 saturated carbocycles. The Morgan fingerprint density at radius 2 is 1.48 bits per heavy atom. The lowest BCUT2D eigenvalue weighted by atomic mass is 10.2. The Bertz CT molecular complexity index is 427. The summed E-state index contributed by atoms with van der Waals surface area (Å²) in [6, 6.07) is 7.39. The van der Waals surface area contributed by atoms with E-state index in [1.807, 2.05) is 24.3 Å². The number of methoxy groups -OCH3 is 3. The van der Waals surface area contributed by atoms with Crippen LogP contribution in [0.25, 0.3) is 0 Å². The van der Waals surface area contributed by atoms with Crippen molar-refractivity contribution in [2.75, 3.05) is 54.2 Å². The Balaban J connectivity index is 2.29. The Kier molecular flexibility index (Phi) is 9.83. The van der Waals surface area contributed by atoms with Gasteiger partial charge < -0.3 is 23.8 Å². The number of hydrogen-bond acceptors (Lipinski definition) is 5. The van der Waals surface area contributed by atoms with E-state index in [1.165, 1.54) is 0 Å². The van der Waals surface area contributed by atoms with Crippen LogP contribution in [0, 0.1) is 0 Å². The third-order valence-electron chi connectivity index (χ3n) is 3.35. The number of nitrogens with zero attached hydrogens (tertiary/aromatic N) is 1. The largest absolute Gasteiger partial charge is 0.497 e. The van der Waals surface area contributed by atoms with Gasteiger partial charge in [0.25, 0.3) is 0 Å². The summed E-state index contributed by atoms with van der Waals surface area (Å²) < 4.78 is 20.8. The lowest BCUT2D eigenvalue weighted by molar-refractivity contribution is -0.132. The summed E-state index contributed by atoms with van der Waals surface area (Å²) in [5.41, 5.74) is 0. The fourth-order valence-corrected chi connectivity index (χ4v) is 2.01. The van der Waals surface area contributed by atoms with Gasteiger partial charge in [-0.25, -0.2) is 0 Å². The van der Waals surface area contributed by atoms with Crippen molar-refractivity contribution in [1.29, 1.82) is 0 Å². The van der Waals surface area contributed by atoms with E-state index in [1.54, 1.807) is 26.2 Å². The number of benzene rings is 1. The molecule has 6 nitrogen and oxygen atoms in total. The number of carbonyl (C=O) groups excluding carboxylic acids is 1. The normalized spacial score (nSPS) is 10.4. The highest BCUT2D eigenvalue weighted by Gasteiger charge is 2.12. The highest BCUT2D eigenvalue weighted by molar-refractivity contribution is 5.76. The van der Waals surface area contributed by atoms with Crippen LogP contribution in [0.15, 0.2) is 24.3 Å². The van der Waals surface area contributed by atoms with E-state index in [9.17, 15) is 4.79 Å². The first-order chi connectivity index (χ1) is 11.2. The molecule has 0 spiro atoms. The van der Waals surface area contributed by atoms with Crippen LogP contribution >= 0.6 is 0 Å². The molecule has 1 rings (SSSR count). The van der Waals surface area contributed by atoms with Gasteiger partial charge in [-0.1, -0.05) is 0 Å². The maximum Gasteiger partial charge on any atom is 0.222 e. The number of carbonyl (C=O) groups is 1. The molecule has 0 bridgehead atoms. The minimum absolute atomic E-state index is 0.0948. The molecule has 0 N–H and O–H groups in total. The van der Waals surface area contributed by atoms with Gasteiger partial charge in [-0.05, 0) is 30.7 Å². The van der Waals surface area contributed by atoms with Gasteiger partial charge in [-0.3, -0.25) is 4.79 Å². The van der Waals surface area contributed by atoms with E-state index >= 15 is 0 Å². The summed E-state index contributed by atoms with van der Waals surface area (Å²) in [4.78, 5) is 14.0. The van der Waals surface area contributed by atoms with Crippen LogP contribution in [0.5, 0.6) is 11.5 Å². The smallest absolute Gasteiger partial charge is 0.222 e. The number of rotatable bonds is 12. The van der Waals surface area contributed by atoms with Crippen LogP contribution in [0.4, 0.5) is 0 Å². The first-order valence-corrected chi connectivity index (χ1v) is 7.73. The molecule has 0 heterocycles. The molecule has 1 amide bonds. The lowest BCUT2D eigenvalue weighted by Gasteiger charge is -2.22. The van der Waals surface area contributed by atoms with Crippen LogP contribution in [0.3, 0.4) is 0 Å². The summed E-state index contributed by atoms with van der Waals surface area (Å²) in [5.74, 6) is 1.66. The Morgan fingerprint density at radius 3 is 2.00 bits per heavy atom. The van der Waals surface area contributed by atoms with Crippen molar-refractivity contribution in [3.63, 3.8) is 0 Å². The average Bonchev–Trinajstić information content (AvgIpc) is 2.59. The van der Waals surface area contributed by atoms with Crippen LogP contribution in [0.2, 0.25) is 0 Å². The zero-order valence-corrected chi connectivity index (χ0v) is 14.2. The zero-order chi connectivity index (χ0) is 16.9. The molecular formula is C17H27NO5. The molecule has 0 radical (unpaired) electrons. The summed E-state index contributed by atoms with van der Waals surface area (Å²) in [7, 11) is 4.88. The van der Waals surface area contributed by atoms with Gasteiger partial charge in [0, 0.05) is 33.7 Å². The van der Waals surface area contributed by atoms with Crippen molar-refractivity contribution >= 4 is 5.91 Å². The van der Waals surface area contributed by atoms with Crippen LogP contribution < -0.4 is 9.47 Å². The molecular weight excluding hydrogens is 298 g/mol. The van der Waals surface area contributed by atoms with Gasteiger partial charge in [0.15, 0.2) is 0 Å². The van der Waals surface area contributed by atoms with Gasteiger partial charge in [-0.2, -0.15) is 0 Å². The monoisotopic (exact) mass is 325 g/mol. The standard InChI is InChI=1S/C17H27NO5/c1-20-13-10-18(11-14-21-2)17(19)5-4-12-23-16-8-6-15(22-3)7-9-16/h6-9H,4-5,10-14H2,1-3H3. The van der Waals surface area contributed by atoms with Gasteiger partial charge in [0.05, 0.1) is 26.9 Å². The molecule has 0 atom stereocenters. The molecule has 1 aromatic carbocycles. The highest BCUT2D eigenvalue weighted by atomic mass is 16.5. The summed E-state index contributed by atoms with van der Waals surface area (Å²) in [6.45, 7) is 2.71. The summed E-state index contributed by atoms with van der Waals surface area (Å²) in [5, 5.41) is 0. The second-order valence-electron chi connectivity index (χ2n) is 4.99. The molecule has 6 heteroatoms. The predicted octanol–water partition coefficient (Wildman–Crippen LogP) is 1.98. The topological polar surface area (TPSA) is 57.2 Å². The van der Waals surface area contributed by atoms with Gasteiger partial charge in [0.2, 0.25) is 5.91 Å². The maximum atomic E-state index is 12.2. The molecule has 0 fully saturated rings. The third kappa shape index (κ3) is 7.85. The quantitative estimate of drug-likeness (QED) is 0.550. The molecule has 0 aliphatic carbocycles. The molecule has 0 unspecified atom stereocenters. The van der Waals surface area contributed by atoms with E-state index in [0.717, 1.165) is 11.5 Å². The second-order valence-corrected chi connectivity index (χ2v) is 4.99. The Morgan fingerprint density at radius 1 is 0.913 bits per heavy atom. The van der Waals surface area contributed by atoms with E-state index in [4.69, 9.17) is 18.9 Å². The van der Waals surface area contributed by atoms with Gasteiger partial charge in [0.1, 0.15) is 11.5 Å². The van der Waals surface area contributed by atoms with Crippen molar-refractivity contribution in [2.24, 2.45) is 0 Å². The van der Waals surface area contributed by atoms with Crippen molar-refractivity contribution in [3.8, 4) is 11.5 Å². The molecule has 23 heavy (non-hydrogen) atoms. The maximum absolute atomic E-state index is 12.2. The van der Waals surface area contributed by atoms with Gasteiger partial charge >= 0.3 is 0 Å². The van der Waals surface area contributed by atoms with Crippen molar-refractivity contribution in [3.05, 3.63) is 24.3 Å². The Labute approximate surface area is 138 Å². The van der Waals surface area contributed by atoms with E-state index in [-0.39, 0.29) is 5.91 Å². The van der Waals surface area contributed by atoms with Crippen molar-refractivity contribution in [2.45, 2.75) is 12.8 Å². The SMILES string of the molecule is COCCN(CCOC)C(=O)CCCOc1ccc(OC)cc1. The summed E-state index contributed by atoms with van der Waals surface area (Å²) in [6.07, 6.45) is 1.12. The molecule has 0 aromatic heterocycles. The first-order valence-electron chi connectivity index (χ1n) is 7.73. The van der Waals surface area contributed by atoms with E-state index < -0.39 is 0 Å². The fraction of sp³-hybridized carbons (Fsp3) is 0.588. The zero-order valence-electron chi connectivity index (χ0n) is 14.2. The van der Waals surface area contributed by atoms with Crippen LogP contribution in [0.1, 0.15) is 12.8 Å². The number of amides is 1.